The third kappa shape index (κ3) is 2.01. The van der Waals surface area contributed by atoms with Gasteiger partial charge in [-0.25, -0.2) is 0 Å². The Kier molecular flexibility index (Phi) is 3.41. The average molecular weight is 245 g/mol. The topological polar surface area (TPSA) is 31.2 Å². The molecule has 0 saturated carbocycles. The number of benzene rings is 1. The van der Waals surface area contributed by atoms with Crippen LogP contribution in [0.25, 0.3) is 10.9 Å². The predicted molar refractivity (Wildman–Crippen MR) is 72.6 cm³/mol. The van der Waals surface area contributed by atoms with Crippen molar-refractivity contribution in [3.8, 4) is 0 Å². The minimum Gasteiger partial charge on any atom is -0.469 e. The lowest BCUT2D eigenvalue weighted by Gasteiger charge is -2.20. The molecule has 2 rings (SSSR count). The van der Waals surface area contributed by atoms with Gasteiger partial charge in [0.15, 0.2) is 0 Å². The van der Waals surface area contributed by atoms with Crippen LogP contribution in [0.15, 0.2) is 30.5 Å². The molecule has 0 amide bonds. The number of ether oxygens (including phenoxy) is 1. The highest BCUT2D eigenvalue weighted by molar-refractivity contribution is 5.84. The van der Waals surface area contributed by atoms with Crippen LogP contribution in [-0.4, -0.2) is 17.6 Å². The number of rotatable bonds is 3. The highest BCUT2D eigenvalue weighted by Gasteiger charge is 2.23. The standard InChI is InChI=1S/C15H19NO2/c1-10-9-16(12(3)11(2)15(17)18-4)14-8-6-5-7-13(10)14/h5-9,11-12H,1-4H3. The van der Waals surface area contributed by atoms with Crippen molar-refractivity contribution in [3.05, 3.63) is 36.0 Å². The Morgan fingerprint density at radius 2 is 1.94 bits per heavy atom. The fraction of sp³-hybridized carbons (Fsp3) is 0.400. The normalized spacial score (nSPS) is 14.4. The molecule has 0 aliphatic carbocycles. The molecule has 2 atom stereocenters. The fourth-order valence-electron chi connectivity index (χ4n) is 2.34. The van der Waals surface area contributed by atoms with Crippen molar-refractivity contribution in [1.29, 1.82) is 0 Å². The Bertz CT molecular complexity index is 571. The number of nitrogens with zero attached hydrogens (tertiary/aromatic N) is 1. The number of methoxy groups -OCH3 is 1. The summed E-state index contributed by atoms with van der Waals surface area (Å²) in [5.74, 6) is -0.330. The van der Waals surface area contributed by atoms with E-state index in [1.54, 1.807) is 0 Å². The van der Waals surface area contributed by atoms with E-state index >= 15 is 0 Å². The Labute approximate surface area is 107 Å². The molecule has 2 unspecified atom stereocenters. The first-order valence-corrected chi connectivity index (χ1v) is 6.20. The first kappa shape index (κ1) is 12.7. The Morgan fingerprint density at radius 1 is 1.28 bits per heavy atom. The number of aromatic nitrogens is 1. The predicted octanol–water partition coefficient (Wildman–Crippen LogP) is 3.32. The average Bonchev–Trinajstić information content (AvgIpc) is 2.74. The van der Waals surface area contributed by atoms with Gasteiger partial charge >= 0.3 is 5.97 Å². The van der Waals surface area contributed by atoms with Crippen LogP contribution >= 0.6 is 0 Å². The zero-order valence-electron chi connectivity index (χ0n) is 11.3. The van der Waals surface area contributed by atoms with Crippen molar-refractivity contribution < 1.29 is 9.53 Å². The minimum atomic E-state index is -0.169. The first-order chi connectivity index (χ1) is 8.56. The molecule has 1 aromatic heterocycles. The van der Waals surface area contributed by atoms with E-state index < -0.39 is 0 Å². The lowest BCUT2D eigenvalue weighted by atomic mass is 10.0. The lowest BCUT2D eigenvalue weighted by Crippen LogP contribution is -2.22. The summed E-state index contributed by atoms with van der Waals surface area (Å²) in [4.78, 5) is 11.6. The molecule has 1 aromatic carbocycles. The summed E-state index contributed by atoms with van der Waals surface area (Å²) < 4.78 is 6.98. The van der Waals surface area contributed by atoms with Gasteiger partial charge in [0.05, 0.1) is 13.0 Å². The molecule has 96 valence electrons. The van der Waals surface area contributed by atoms with Gasteiger partial charge in [-0.3, -0.25) is 4.79 Å². The van der Waals surface area contributed by atoms with Crippen LogP contribution in [0.3, 0.4) is 0 Å². The van der Waals surface area contributed by atoms with Crippen LogP contribution in [0.1, 0.15) is 25.5 Å². The number of aryl methyl sites for hydroxylation is 1. The summed E-state index contributed by atoms with van der Waals surface area (Å²) in [6.07, 6.45) is 2.11. The van der Waals surface area contributed by atoms with Crippen LogP contribution in [-0.2, 0) is 9.53 Å². The summed E-state index contributed by atoms with van der Waals surface area (Å²) in [5.41, 5.74) is 2.40. The van der Waals surface area contributed by atoms with Gasteiger partial charge in [-0.05, 0) is 32.4 Å². The zero-order chi connectivity index (χ0) is 13.3. The number of carbonyl (C=O) groups is 1. The maximum Gasteiger partial charge on any atom is 0.310 e. The Balaban J connectivity index is 2.45. The number of fused-ring (bicyclic) bond motifs is 1. The van der Waals surface area contributed by atoms with Gasteiger partial charge in [-0.2, -0.15) is 0 Å². The van der Waals surface area contributed by atoms with Crippen LogP contribution < -0.4 is 0 Å². The van der Waals surface area contributed by atoms with E-state index in [0.29, 0.717) is 0 Å². The molecule has 0 fully saturated rings. The first-order valence-electron chi connectivity index (χ1n) is 6.20. The summed E-state index contributed by atoms with van der Waals surface area (Å²) in [5, 5.41) is 1.24. The molecule has 2 aromatic rings. The quantitative estimate of drug-likeness (QED) is 0.777. The molecule has 0 saturated heterocycles. The fourth-order valence-corrected chi connectivity index (χ4v) is 2.34. The Morgan fingerprint density at radius 3 is 2.61 bits per heavy atom. The zero-order valence-corrected chi connectivity index (χ0v) is 11.3. The van der Waals surface area contributed by atoms with E-state index in [4.69, 9.17) is 4.74 Å². The van der Waals surface area contributed by atoms with Crippen molar-refractivity contribution in [2.45, 2.75) is 26.8 Å². The van der Waals surface area contributed by atoms with Gasteiger partial charge < -0.3 is 9.30 Å². The SMILES string of the molecule is COC(=O)C(C)C(C)n1cc(C)c2ccccc21. The van der Waals surface area contributed by atoms with Crippen LogP contribution in [0, 0.1) is 12.8 Å². The van der Waals surface area contributed by atoms with Gasteiger partial charge in [0.25, 0.3) is 0 Å². The van der Waals surface area contributed by atoms with E-state index in [1.165, 1.54) is 23.6 Å². The molecule has 0 aliphatic rings. The van der Waals surface area contributed by atoms with Crippen LogP contribution in [0.5, 0.6) is 0 Å². The maximum atomic E-state index is 11.6. The second-order valence-electron chi connectivity index (χ2n) is 4.79. The summed E-state index contributed by atoms with van der Waals surface area (Å²) in [6, 6.07) is 8.33. The summed E-state index contributed by atoms with van der Waals surface area (Å²) in [7, 11) is 1.44. The van der Waals surface area contributed by atoms with Crippen LogP contribution in [0.4, 0.5) is 0 Å². The van der Waals surface area contributed by atoms with E-state index in [0.717, 1.165) is 0 Å². The molecule has 18 heavy (non-hydrogen) atoms. The molecule has 3 heteroatoms. The van der Waals surface area contributed by atoms with Crippen molar-refractivity contribution in [2.24, 2.45) is 5.92 Å². The number of hydrogen-bond donors (Lipinski definition) is 0. The molecule has 1 heterocycles. The molecule has 0 radical (unpaired) electrons. The number of para-hydroxylation sites is 1. The van der Waals surface area contributed by atoms with E-state index in [9.17, 15) is 4.79 Å². The third-order valence-electron chi connectivity index (χ3n) is 3.68. The third-order valence-corrected chi connectivity index (χ3v) is 3.68. The highest BCUT2D eigenvalue weighted by Crippen LogP contribution is 2.28. The van der Waals surface area contributed by atoms with E-state index in [-0.39, 0.29) is 17.9 Å². The second-order valence-corrected chi connectivity index (χ2v) is 4.79. The van der Waals surface area contributed by atoms with Crippen molar-refractivity contribution in [2.75, 3.05) is 7.11 Å². The highest BCUT2D eigenvalue weighted by atomic mass is 16.5. The molecule has 3 nitrogen and oxygen atoms in total. The van der Waals surface area contributed by atoms with Crippen molar-refractivity contribution in [1.82, 2.24) is 4.57 Å². The largest absolute Gasteiger partial charge is 0.469 e. The smallest absolute Gasteiger partial charge is 0.310 e. The molecular formula is C15H19NO2. The number of hydrogen-bond acceptors (Lipinski definition) is 2. The summed E-state index contributed by atoms with van der Waals surface area (Å²) in [6.45, 7) is 6.04. The van der Waals surface area contributed by atoms with Gasteiger partial charge in [-0.1, -0.05) is 18.2 Å². The molecule has 0 aliphatic heterocycles. The van der Waals surface area contributed by atoms with Crippen LogP contribution in [0.2, 0.25) is 0 Å². The molecule has 0 N–H and O–H groups in total. The minimum absolute atomic E-state index is 0.0797. The lowest BCUT2D eigenvalue weighted by molar-refractivity contribution is -0.146. The number of carbonyl (C=O) groups excluding carboxylic acids is 1. The maximum absolute atomic E-state index is 11.6. The molecule has 0 bridgehead atoms. The van der Waals surface area contributed by atoms with E-state index in [1.807, 2.05) is 26.0 Å². The monoisotopic (exact) mass is 245 g/mol. The number of esters is 1. The van der Waals surface area contributed by atoms with Gasteiger partial charge in [0, 0.05) is 23.1 Å². The van der Waals surface area contributed by atoms with E-state index in [2.05, 4.69) is 29.8 Å². The summed E-state index contributed by atoms with van der Waals surface area (Å²) >= 11 is 0. The van der Waals surface area contributed by atoms with Gasteiger partial charge in [-0.15, -0.1) is 0 Å². The molecular weight excluding hydrogens is 226 g/mol. The van der Waals surface area contributed by atoms with Crippen molar-refractivity contribution >= 4 is 16.9 Å². The van der Waals surface area contributed by atoms with Crippen molar-refractivity contribution in [3.63, 3.8) is 0 Å². The molecule has 0 spiro atoms. The van der Waals surface area contributed by atoms with Gasteiger partial charge in [0.2, 0.25) is 0 Å². The van der Waals surface area contributed by atoms with Gasteiger partial charge in [0.1, 0.15) is 0 Å². The second kappa shape index (κ2) is 4.84. The Hall–Kier alpha value is -1.77.